The Morgan fingerprint density at radius 2 is 1.13 bits per heavy atom. The Kier molecular flexibility index (Phi) is 6.36. The molecule has 0 fully saturated rings. The van der Waals surface area contributed by atoms with Gasteiger partial charge in [-0.2, -0.15) is 11.3 Å². The van der Waals surface area contributed by atoms with E-state index in [2.05, 4.69) is 38.5 Å². The van der Waals surface area contributed by atoms with Crippen molar-refractivity contribution in [1.29, 1.82) is 0 Å². The molecule has 0 amide bonds. The van der Waals surface area contributed by atoms with Crippen molar-refractivity contribution in [3.63, 3.8) is 0 Å². The van der Waals surface area contributed by atoms with Gasteiger partial charge in [0.15, 0.2) is 0 Å². The van der Waals surface area contributed by atoms with Crippen LogP contribution in [0.2, 0.25) is 0 Å². The number of hydrogen-bond acceptors (Lipinski definition) is 1. The van der Waals surface area contributed by atoms with Gasteiger partial charge in [0.25, 0.3) is 0 Å². The van der Waals surface area contributed by atoms with Crippen molar-refractivity contribution in [2.75, 3.05) is 24.6 Å². The van der Waals surface area contributed by atoms with Gasteiger partial charge in [0.05, 0.1) is 0 Å². The second kappa shape index (κ2) is 7.00. The molecule has 0 unspecified atom stereocenters. The lowest BCUT2D eigenvalue weighted by Gasteiger charge is -2.19. The Morgan fingerprint density at radius 3 is 1.40 bits per heavy atom. The third-order valence-electron chi connectivity index (χ3n) is 2.83. The van der Waals surface area contributed by atoms with Gasteiger partial charge in [0, 0.05) is 0 Å². The molecule has 3 heteroatoms. The Labute approximate surface area is 101 Å². The highest BCUT2D eigenvalue weighted by atomic mass is 32.1. The number of hydrogen-bond donors (Lipinski definition) is 0. The third-order valence-corrected chi connectivity index (χ3v) is 9.26. The molecule has 0 nitrogen and oxygen atoms in total. The van der Waals surface area contributed by atoms with E-state index in [1.54, 1.807) is 10.6 Å². The van der Waals surface area contributed by atoms with E-state index >= 15 is 0 Å². The molecule has 1 aromatic rings. The average molecular weight is 260 g/mol. The Morgan fingerprint density at radius 1 is 0.800 bits per heavy atom. The van der Waals surface area contributed by atoms with Gasteiger partial charge < -0.3 is 0 Å². The zero-order chi connectivity index (χ0) is 11.3. The van der Waals surface area contributed by atoms with Crippen molar-refractivity contribution in [1.82, 2.24) is 0 Å². The van der Waals surface area contributed by atoms with Crippen LogP contribution in [0.5, 0.6) is 0 Å². The standard InChI is InChI=1S/C12H22P2S/c1-5-13(6-2)11-9-15-10-12(11)14(7-3)8-4/h9-10H,5-8H2,1-4H3. The summed E-state index contributed by atoms with van der Waals surface area (Å²) in [6.45, 7) is 9.38. The Bertz CT molecular complexity index is 248. The zero-order valence-electron chi connectivity index (χ0n) is 10.3. The summed E-state index contributed by atoms with van der Waals surface area (Å²) in [5.74, 6) is 0. The van der Waals surface area contributed by atoms with Crippen molar-refractivity contribution < 1.29 is 0 Å². The van der Waals surface area contributed by atoms with Crippen LogP contribution in [0.15, 0.2) is 10.8 Å². The Hall–Kier alpha value is 0.560. The van der Waals surface area contributed by atoms with Crippen LogP contribution in [-0.2, 0) is 0 Å². The lowest BCUT2D eigenvalue weighted by Crippen LogP contribution is -2.20. The summed E-state index contributed by atoms with van der Waals surface area (Å²) in [4.78, 5) is 0. The van der Waals surface area contributed by atoms with Crippen LogP contribution in [0.1, 0.15) is 27.7 Å². The fraction of sp³-hybridized carbons (Fsp3) is 0.667. The normalized spacial score (nSPS) is 11.6. The summed E-state index contributed by atoms with van der Waals surface area (Å²) in [6.07, 6.45) is 5.41. The van der Waals surface area contributed by atoms with Gasteiger partial charge in [0.2, 0.25) is 0 Å². The van der Waals surface area contributed by atoms with Gasteiger partial charge in [-0.25, -0.2) is 0 Å². The van der Waals surface area contributed by atoms with Crippen molar-refractivity contribution >= 4 is 37.8 Å². The van der Waals surface area contributed by atoms with E-state index in [0.717, 1.165) is 0 Å². The van der Waals surface area contributed by atoms with Crippen LogP contribution in [0.25, 0.3) is 0 Å². The SMILES string of the molecule is CCP(CC)c1cscc1P(CC)CC. The number of rotatable bonds is 6. The summed E-state index contributed by atoms with van der Waals surface area (Å²) in [5, 5.41) is 8.31. The molecular weight excluding hydrogens is 238 g/mol. The summed E-state index contributed by atoms with van der Waals surface area (Å²) in [6, 6.07) is 0. The molecule has 0 radical (unpaired) electrons. The smallest absolute Gasteiger partial charge is 0.000967 e. The first kappa shape index (κ1) is 13.6. The van der Waals surface area contributed by atoms with Gasteiger partial charge >= 0.3 is 0 Å². The molecule has 0 aliphatic heterocycles. The monoisotopic (exact) mass is 260 g/mol. The van der Waals surface area contributed by atoms with Gasteiger partial charge in [-0.05, 0) is 46.0 Å². The van der Waals surface area contributed by atoms with Gasteiger partial charge in [-0.3, -0.25) is 0 Å². The molecule has 1 aromatic heterocycles. The van der Waals surface area contributed by atoms with E-state index in [1.807, 2.05) is 11.3 Å². The lowest BCUT2D eigenvalue weighted by atomic mass is 10.6. The lowest BCUT2D eigenvalue weighted by molar-refractivity contribution is 1.42. The van der Waals surface area contributed by atoms with E-state index in [4.69, 9.17) is 0 Å². The van der Waals surface area contributed by atoms with Crippen LogP contribution in [0.4, 0.5) is 0 Å². The molecule has 0 aliphatic rings. The molecule has 0 saturated heterocycles. The minimum absolute atomic E-state index is 0.148. The van der Waals surface area contributed by atoms with E-state index in [9.17, 15) is 0 Å². The maximum atomic E-state index is 2.43. The third kappa shape index (κ3) is 3.26. The molecular formula is C12H22P2S. The molecule has 1 rings (SSSR count). The maximum absolute atomic E-state index is 2.43. The molecule has 0 N–H and O–H groups in total. The second-order valence-corrected chi connectivity index (χ2v) is 9.88. The predicted octanol–water partition coefficient (Wildman–Crippen LogP) is 4.04. The van der Waals surface area contributed by atoms with Crippen molar-refractivity contribution in [3.05, 3.63) is 10.8 Å². The molecule has 0 spiro atoms. The first-order valence-electron chi connectivity index (χ1n) is 5.84. The topological polar surface area (TPSA) is 0 Å². The molecule has 1 heterocycles. The first-order chi connectivity index (χ1) is 7.28. The van der Waals surface area contributed by atoms with Gasteiger partial charge in [-0.15, -0.1) is 0 Å². The second-order valence-electron chi connectivity index (χ2n) is 3.49. The van der Waals surface area contributed by atoms with E-state index in [1.165, 1.54) is 24.6 Å². The maximum Gasteiger partial charge on any atom is -0.000967 e. The molecule has 15 heavy (non-hydrogen) atoms. The van der Waals surface area contributed by atoms with E-state index < -0.39 is 0 Å². The fourth-order valence-electron chi connectivity index (χ4n) is 1.89. The summed E-state index contributed by atoms with van der Waals surface area (Å²) in [5.41, 5.74) is 0. The molecule has 86 valence electrons. The highest BCUT2D eigenvalue weighted by Crippen LogP contribution is 2.40. The highest BCUT2D eigenvalue weighted by molar-refractivity contribution is 7.72. The molecule has 0 aliphatic carbocycles. The summed E-state index contributed by atoms with van der Waals surface area (Å²) in [7, 11) is 0.295. The van der Waals surface area contributed by atoms with E-state index in [-0.39, 0.29) is 15.8 Å². The van der Waals surface area contributed by atoms with E-state index in [0.29, 0.717) is 0 Å². The first-order valence-corrected chi connectivity index (χ1v) is 10.2. The number of thiophene rings is 1. The van der Waals surface area contributed by atoms with Crippen LogP contribution in [0, 0.1) is 0 Å². The quantitative estimate of drug-likeness (QED) is 0.677. The van der Waals surface area contributed by atoms with Crippen LogP contribution >= 0.6 is 27.2 Å². The van der Waals surface area contributed by atoms with Crippen molar-refractivity contribution in [3.8, 4) is 0 Å². The van der Waals surface area contributed by atoms with Crippen LogP contribution < -0.4 is 10.6 Å². The summed E-state index contributed by atoms with van der Waals surface area (Å²) < 4.78 is 0. The molecule has 0 atom stereocenters. The molecule has 0 aromatic carbocycles. The predicted molar refractivity (Wildman–Crippen MR) is 79.6 cm³/mol. The van der Waals surface area contributed by atoms with Gasteiger partial charge in [0.1, 0.15) is 0 Å². The zero-order valence-corrected chi connectivity index (χ0v) is 12.9. The minimum Gasteiger partial charge on any atom is -0.151 e. The fourth-order valence-corrected chi connectivity index (χ4v) is 8.08. The average Bonchev–Trinajstić information content (AvgIpc) is 2.71. The van der Waals surface area contributed by atoms with Crippen LogP contribution in [-0.4, -0.2) is 24.6 Å². The molecule has 0 bridgehead atoms. The van der Waals surface area contributed by atoms with Gasteiger partial charge in [-0.1, -0.05) is 43.5 Å². The molecule has 0 saturated carbocycles. The van der Waals surface area contributed by atoms with Crippen LogP contribution in [0.3, 0.4) is 0 Å². The highest BCUT2D eigenvalue weighted by Gasteiger charge is 2.17. The minimum atomic E-state index is 0.148. The van der Waals surface area contributed by atoms with Crippen molar-refractivity contribution in [2.45, 2.75) is 27.7 Å². The summed E-state index contributed by atoms with van der Waals surface area (Å²) >= 11 is 1.92. The van der Waals surface area contributed by atoms with Crippen molar-refractivity contribution in [2.24, 2.45) is 0 Å². The largest absolute Gasteiger partial charge is 0.151 e. The Balaban J connectivity index is 2.93.